The van der Waals surface area contributed by atoms with E-state index in [9.17, 15) is 14.4 Å². The smallest absolute Gasteiger partial charge is 0.325 e. The van der Waals surface area contributed by atoms with Crippen LogP contribution in [0.3, 0.4) is 0 Å². The van der Waals surface area contributed by atoms with Crippen molar-refractivity contribution in [3.05, 3.63) is 71.3 Å². The van der Waals surface area contributed by atoms with Crippen LogP contribution in [-0.4, -0.2) is 29.3 Å². The first-order valence-electron chi connectivity index (χ1n) is 9.78. The number of hydrogen-bond acceptors (Lipinski definition) is 3. The summed E-state index contributed by atoms with van der Waals surface area (Å²) in [6, 6.07) is 16.3. The zero-order valence-electron chi connectivity index (χ0n) is 17.2. The number of rotatable bonds is 6. The molecule has 0 aliphatic carbocycles. The van der Waals surface area contributed by atoms with Crippen molar-refractivity contribution in [1.29, 1.82) is 0 Å². The largest absolute Gasteiger partial charge is 0.347 e. The van der Waals surface area contributed by atoms with E-state index in [1.165, 1.54) is 0 Å². The average Bonchev–Trinajstić information content (AvgIpc) is 2.91. The number of aryl methyl sites for hydroxylation is 1. The van der Waals surface area contributed by atoms with Crippen LogP contribution in [0.25, 0.3) is 0 Å². The summed E-state index contributed by atoms with van der Waals surface area (Å²) in [5.41, 5.74) is 1.55. The number of urea groups is 1. The lowest BCUT2D eigenvalue weighted by Gasteiger charge is -2.25. The monoisotopic (exact) mass is 393 g/mol. The minimum absolute atomic E-state index is 0.155. The van der Waals surface area contributed by atoms with Gasteiger partial charge in [-0.1, -0.05) is 74.0 Å². The number of nitrogens with one attached hydrogen (secondary N) is 2. The van der Waals surface area contributed by atoms with Crippen molar-refractivity contribution < 1.29 is 14.4 Å². The minimum Gasteiger partial charge on any atom is -0.347 e. The number of carbonyl (C=O) groups is 3. The van der Waals surface area contributed by atoms with Crippen LogP contribution >= 0.6 is 0 Å². The molecule has 2 atom stereocenters. The minimum atomic E-state index is -1.18. The molecule has 2 N–H and O–H groups in total. The quantitative estimate of drug-likeness (QED) is 0.740. The predicted octanol–water partition coefficient (Wildman–Crippen LogP) is 3.28. The zero-order chi connectivity index (χ0) is 21.2. The first-order chi connectivity index (χ1) is 13.7. The summed E-state index contributed by atoms with van der Waals surface area (Å²) in [4.78, 5) is 39.2. The summed E-state index contributed by atoms with van der Waals surface area (Å²) in [5.74, 6) is -0.645. The molecule has 2 aromatic rings. The maximum absolute atomic E-state index is 13.0. The van der Waals surface area contributed by atoms with Gasteiger partial charge in [-0.3, -0.25) is 14.5 Å². The molecule has 0 spiro atoms. The van der Waals surface area contributed by atoms with Crippen molar-refractivity contribution in [2.45, 2.75) is 39.3 Å². The zero-order valence-corrected chi connectivity index (χ0v) is 17.2. The molecule has 0 aromatic heterocycles. The van der Waals surface area contributed by atoms with E-state index < -0.39 is 17.5 Å². The van der Waals surface area contributed by atoms with E-state index in [2.05, 4.69) is 10.6 Å². The van der Waals surface area contributed by atoms with E-state index in [0.717, 1.165) is 16.0 Å². The van der Waals surface area contributed by atoms with Crippen LogP contribution in [0.15, 0.2) is 54.6 Å². The van der Waals surface area contributed by atoms with Gasteiger partial charge < -0.3 is 10.6 Å². The Bertz CT molecular complexity index is 909. The standard InChI is InChI=1S/C23H27N3O3/c1-15(2)20(17-8-6-5-7-9-17)24-19(27)14-26-21(28)23(4,25-22(26)29)18-12-10-16(3)11-13-18/h5-13,15,20H,14H2,1-4H3,(H,24,27)(H,25,29). The molecule has 1 fully saturated rings. The van der Waals surface area contributed by atoms with Crippen molar-refractivity contribution >= 4 is 17.8 Å². The molecule has 1 heterocycles. The van der Waals surface area contributed by atoms with Crippen LogP contribution in [0.1, 0.15) is 43.5 Å². The fourth-order valence-corrected chi connectivity index (χ4v) is 3.58. The SMILES string of the molecule is Cc1ccc(C2(C)NC(=O)N(CC(=O)NC(c3ccccc3)C(C)C)C2=O)cc1. The van der Waals surface area contributed by atoms with E-state index in [-0.39, 0.29) is 24.4 Å². The number of carbonyl (C=O) groups excluding carboxylic acids is 3. The Labute approximate surface area is 171 Å². The van der Waals surface area contributed by atoms with Crippen LogP contribution in [0, 0.1) is 12.8 Å². The molecule has 1 saturated heterocycles. The molecule has 0 radical (unpaired) electrons. The summed E-state index contributed by atoms with van der Waals surface area (Å²) in [5, 5.41) is 5.70. The summed E-state index contributed by atoms with van der Waals surface area (Å²) in [6.07, 6.45) is 0. The van der Waals surface area contributed by atoms with E-state index in [1.807, 2.05) is 75.4 Å². The Balaban J connectivity index is 1.74. The van der Waals surface area contributed by atoms with Gasteiger partial charge in [0.1, 0.15) is 12.1 Å². The Hall–Kier alpha value is -3.15. The Kier molecular flexibility index (Phi) is 5.73. The molecule has 0 bridgehead atoms. The second kappa shape index (κ2) is 8.07. The molecule has 6 nitrogen and oxygen atoms in total. The van der Waals surface area contributed by atoms with Gasteiger partial charge in [-0.05, 0) is 30.9 Å². The van der Waals surface area contributed by atoms with Gasteiger partial charge >= 0.3 is 6.03 Å². The topological polar surface area (TPSA) is 78.5 Å². The molecule has 1 aliphatic rings. The van der Waals surface area contributed by atoms with Gasteiger partial charge in [0.05, 0.1) is 6.04 Å². The molecule has 6 heteroatoms. The van der Waals surface area contributed by atoms with E-state index in [1.54, 1.807) is 6.92 Å². The number of amides is 4. The maximum atomic E-state index is 13.0. The Morgan fingerprint density at radius 1 is 1.07 bits per heavy atom. The van der Waals surface area contributed by atoms with Crippen molar-refractivity contribution in [1.82, 2.24) is 15.5 Å². The molecular formula is C23H27N3O3. The fraction of sp³-hybridized carbons (Fsp3) is 0.348. The second-order valence-corrected chi connectivity index (χ2v) is 8.01. The highest BCUT2D eigenvalue weighted by Crippen LogP contribution is 2.29. The number of hydrogen-bond donors (Lipinski definition) is 2. The fourth-order valence-electron chi connectivity index (χ4n) is 3.58. The van der Waals surface area contributed by atoms with Crippen LogP contribution in [0.2, 0.25) is 0 Å². The lowest BCUT2D eigenvalue weighted by Crippen LogP contribution is -2.44. The molecule has 4 amide bonds. The molecule has 0 saturated carbocycles. The molecule has 152 valence electrons. The summed E-state index contributed by atoms with van der Waals surface area (Å²) >= 11 is 0. The van der Waals surface area contributed by atoms with Crippen LogP contribution in [0.4, 0.5) is 4.79 Å². The van der Waals surface area contributed by atoms with E-state index >= 15 is 0 Å². The molecule has 3 rings (SSSR count). The van der Waals surface area contributed by atoms with Gasteiger partial charge in [-0.15, -0.1) is 0 Å². The van der Waals surface area contributed by atoms with E-state index in [4.69, 9.17) is 0 Å². The first kappa shape index (κ1) is 20.6. The molecule has 2 aromatic carbocycles. The third-order valence-corrected chi connectivity index (χ3v) is 5.35. The molecule has 2 unspecified atom stereocenters. The third kappa shape index (κ3) is 4.16. The van der Waals surface area contributed by atoms with Crippen LogP contribution in [-0.2, 0) is 15.1 Å². The Morgan fingerprint density at radius 2 is 1.69 bits per heavy atom. The number of nitrogens with zero attached hydrogens (tertiary/aromatic N) is 1. The third-order valence-electron chi connectivity index (χ3n) is 5.35. The van der Waals surface area contributed by atoms with Crippen molar-refractivity contribution in [3.63, 3.8) is 0 Å². The highest BCUT2D eigenvalue weighted by atomic mass is 16.2. The highest BCUT2D eigenvalue weighted by molar-refractivity contribution is 6.09. The first-order valence-corrected chi connectivity index (χ1v) is 9.78. The van der Waals surface area contributed by atoms with Crippen LogP contribution < -0.4 is 10.6 Å². The van der Waals surface area contributed by atoms with Crippen molar-refractivity contribution in [3.8, 4) is 0 Å². The van der Waals surface area contributed by atoms with E-state index in [0.29, 0.717) is 5.56 Å². The van der Waals surface area contributed by atoms with Gasteiger partial charge in [-0.25, -0.2) is 4.79 Å². The van der Waals surface area contributed by atoms with Gasteiger partial charge in [0.15, 0.2) is 0 Å². The maximum Gasteiger partial charge on any atom is 0.325 e. The summed E-state index contributed by atoms with van der Waals surface area (Å²) < 4.78 is 0. The summed E-state index contributed by atoms with van der Waals surface area (Å²) in [6.45, 7) is 7.33. The molecular weight excluding hydrogens is 366 g/mol. The van der Waals surface area contributed by atoms with Crippen molar-refractivity contribution in [2.75, 3.05) is 6.54 Å². The Morgan fingerprint density at radius 3 is 2.28 bits per heavy atom. The molecule has 29 heavy (non-hydrogen) atoms. The number of benzene rings is 2. The summed E-state index contributed by atoms with van der Waals surface area (Å²) in [7, 11) is 0. The average molecular weight is 393 g/mol. The lowest BCUT2D eigenvalue weighted by atomic mass is 9.91. The van der Waals surface area contributed by atoms with Crippen LogP contribution in [0.5, 0.6) is 0 Å². The van der Waals surface area contributed by atoms with Gasteiger partial charge in [-0.2, -0.15) is 0 Å². The lowest BCUT2D eigenvalue weighted by molar-refractivity contribution is -0.135. The highest BCUT2D eigenvalue weighted by Gasteiger charge is 2.49. The van der Waals surface area contributed by atoms with Crippen molar-refractivity contribution in [2.24, 2.45) is 5.92 Å². The van der Waals surface area contributed by atoms with Gasteiger partial charge in [0, 0.05) is 0 Å². The normalized spacial score (nSPS) is 20.0. The van der Waals surface area contributed by atoms with Gasteiger partial charge in [0.2, 0.25) is 5.91 Å². The number of imide groups is 1. The molecule has 1 aliphatic heterocycles. The predicted molar refractivity (Wildman–Crippen MR) is 111 cm³/mol. The van der Waals surface area contributed by atoms with Gasteiger partial charge in [0.25, 0.3) is 5.91 Å². The second-order valence-electron chi connectivity index (χ2n) is 8.01.